The van der Waals surface area contributed by atoms with Crippen LogP contribution >= 0.6 is 31.9 Å². The summed E-state index contributed by atoms with van der Waals surface area (Å²) in [6, 6.07) is 7.99. The van der Waals surface area contributed by atoms with Gasteiger partial charge in [-0.15, -0.1) is 0 Å². The number of hydrogen-bond donors (Lipinski definition) is 1. The molecule has 0 aliphatic rings. The smallest absolute Gasteiger partial charge is 0.0815 e. The van der Waals surface area contributed by atoms with Crippen molar-refractivity contribution in [2.24, 2.45) is 7.05 Å². The first-order valence-corrected chi connectivity index (χ1v) is 6.42. The molecule has 5 heteroatoms. The van der Waals surface area contributed by atoms with Crippen molar-refractivity contribution in [2.75, 3.05) is 5.32 Å². The number of para-hydroxylation sites is 1. The summed E-state index contributed by atoms with van der Waals surface area (Å²) in [7, 11) is 1.91. The first-order valence-electron chi connectivity index (χ1n) is 4.83. The number of aromatic nitrogens is 2. The van der Waals surface area contributed by atoms with E-state index in [2.05, 4.69) is 42.3 Å². The Morgan fingerprint density at radius 2 is 1.94 bits per heavy atom. The second-order valence-corrected chi connectivity index (χ2v) is 5.14. The van der Waals surface area contributed by atoms with Gasteiger partial charge in [-0.1, -0.05) is 6.07 Å². The van der Waals surface area contributed by atoms with E-state index >= 15 is 0 Å². The van der Waals surface area contributed by atoms with Crippen LogP contribution in [-0.4, -0.2) is 9.78 Å². The van der Waals surface area contributed by atoms with Gasteiger partial charge in [0.1, 0.15) is 0 Å². The second-order valence-electron chi connectivity index (χ2n) is 3.43. The topological polar surface area (TPSA) is 29.9 Å². The lowest BCUT2D eigenvalue weighted by Gasteiger charge is -2.09. The van der Waals surface area contributed by atoms with Crippen LogP contribution in [0.3, 0.4) is 0 Å². The molecule has 0 amide bonds. The van der Waals surface area contributed by atoms with Gasteiger partial charge in [-0.25, -0.2) is 0 Å². The fraction of sp³-hybridized carbons (Fsp3) is 0.182. The van der Waals surface area contributed by atoms with Gasteiger partial charge in [0.2, 0.25) is 0 Å². The average molecular weight is 345 g/mol. The Kier molecular flexibility index (Phi) is 3.66. The van der Waals surface area contributed by atoms with Gasteiger partial charge in [0.15, 0.2) is 0 Å². The largest absolute Gasteiger partial charge is 0.377 e. The molecule has 0 bridgehead atoms. The van der Waals surface area contributed by atoms with Crippen molar-refractivity contribution in [3.63, 3.8) is 0 Å². The molecule has 0 fully saturated rings. The number of rotatable bonds is 3. The molecule has 0 aliphatic heterocycles. The summed E-state index contributed by atoms with van der Waals surface area (Å²) in [5.74, 6) is 0. The standard InChI is InChI=1S/C11H11Br2N3/c1-16-6-5-8(15-16)7-14-11-9(12)3-2-4-10(11)13/h2-6,14H,7H2,1H3. The molecule has 0 atom stereocenters. The summed E-state index contributed by atoms with van der Waals surface area (Å²) in [6.45, 7) is 0.710. The Balaban J connectivity index is 2.10. The maximum Gasteiger partial charge on any atom is 0.0815 e. The van der Waals surface area contributed by atoms with Gasteiger partial charge in [0.25, 0.3) is 0 Å². The van der Waals surface area contributed by atoms with E-state index in [0.717, 1.165) is 20.3 Å². The zero-order chi connectivity index (χ0) is 11.5. The molecule has 0 saturated heterocycles. The molecule has 0 radical (unpaired) electrons. The van der Waals surface area contributed by atoms with Gasteiger partial charge in [0, 0.05) is 22.2 Å². The van der Waals surface area contributed by atoms with Crippen molar-refractivity contribution in [3.05, 3.63) is 45.1 Å². The minimum absolute atomic E-state index is 0.710. The van der Waals surface area contributed by atoms with E-state index < -0.39 is 0 Å². The normalized spacial score (nSPS) is 10.4. The second kappa shape index (κ2) is 5.01. The van der Waals surface area contributed by atoms with Crippen molar-refractivity contribution in [3.8, 4) is 0 Å². The molecule has 2 rings (SSSR count). The molecule has 0 saturated carbocycles. The zero-order valence-corrected chi connectivity index (χ0v) is 11.9. The molecule has 3 nitrogen and oxygen atoms in total. The van der Waals surface area contributed by atoms with Crippen LogP contribution < -0.4 is 5.32 Å². The summed E-state index contributed by atoms with van der Waals surface area (Å²) >= 11 is 7.02. The van der Waals surface area contributed by atoms with Crippen molar-refractivity contribution in [1.82, 2.24) is 9.78 Å². The van der Waals surface area contributed by atoms with E-state index in [9.17, 15) is 0 Å². The molecule has 0 aliphatic carbocycles. The molecular weight excluding hydrogens is 334 g/mol. The number of benzene rings is 1. The number of hydrogen-bond acceptors (Lipinski definition) is 2. The Morgan fingerprint density at radius 3 is 2.50 bits per heavy atom. The average Bonchev–Trinajstić information content (AvgIpc) is 2.63. The highest BCUT2D eigenvalue weighted by atomic mass is 79.9. The third-order valence-electron chi connectivity index (χ3n) is 2.18. The fourth-order valence-electron chi connectivity index (χ4n) is 1.40. The van der Waals surface area contributed by atoms with Crippen LogP contribution in [0.15, 0.2) is 39.4 Å². The highest BCUT2D eigenvalue weighted by Gasteiger charge is 2.04. The summed E-state index contributed by atoms with van der Waals surface area (Å²) in [5.41, 5.74) is 2.07. The van der Waals surface area contributed by atoms with Crippen LogP contribution in [-0.2, 0) is 13.6 Å². The quantitative estimate of drug-likeness (QED) is 0.922. The predicted molar refractivity (Wildman–Crippen MR) is 72.4 cm³/mol. The first kappa shape index (κ1) is 11.7. The van der Waals surface area contributed by atoms with Crippen LogP contribution in [0.25, 0.3) is 0 Å². The van der Waals surface area contributed by atoms with E-state index in [1.54, 1.807) is 4.68 Å². The van der Waals surface area contributed by atoms with Crippen LogP contribution in [0.2, 0.25) is 0 Å². The summed E-state index contributed by atoms with van der Waals surface area (Å²) in [5, 5.41) is 7.65. The van der Waals surface area contributed by atoms with E-state index in [0.29, 0.717) is 6.54 Å². The summed E-state index contributed by atoms with van der Waals surface area (Å²) < 4.78 is 3.88. The molecule has 0 unspecified atom stereocenters. The lowest BCUT2D eigenvalue weighted by Crippen LogP contribution is -2.02. The fourth-order valence-corrected chi connectivity index (χ4v) is 2.68. The molecule has 0 spiro atoms. The molecule has 1 aromatic heterocycles. The summed E-state index contributed by atoms with van der Waals surface area (Å²) in [6.07, 6.45) is 1.94. The maximum atomic E-state index is 4.31. The van der Waals surface area contributed by atoms with E-state index in [-0.39, 0.29) is 0 Å². The number of nitrogens with one attached hydrogen (secondary N) is 1. The highest BCUT2D eigenvalue weighted by molar-refractivity contribution is 9.11. The number of nitrogens with zero attached hydrogens (tertiary/aromatic N) is 2. The minimum atomic E-state index is 0.710. The number of anilines is 1. The van der Waals surface area contributed by atoms with E-state index in [1.807, 2.05) is 37.5 Å². The van der Waals surface area contributed by atoms with Gasteiger partial charge in [-0.2, -0.15) is 5.10 Å². The Labute approximate surface area is 111 Å². The van der Waals surface area contributed by atoms with Crippen LogP contribution in [0.5, 0.6) is 0 Å². The lowest BCUT2D eigenvalue weighted by atomic mass is 10.3. The third kappa shape index (κ3) is 2.65. The van der Waals surface area contributed by atoms with Crippen molar-refractivity contribution in [1.29, 1.82) is 0 Å². The molecule has 1 heterocycles. The molecule has 1 aromatic carbocycles. The molecule has 84 valence electrons. The first-order chi connectivity index (χ1) is 7.66. The van der Waals surface area contributed by atoms with E-state index in [4.69, 9.17) is 0 Å². The minimum Gasteiger partial charge on any atom is -0.377 e. The lowest BCUT2D eigenvalue weighted by molar-refractivity contribution is 0.747. The number of aryl methyl sites for hydroxylation is 1. The summed E-state index contributed by atoms with van der Waals surface area (Å²) in [4.78, 5) is 0. The Hall–Kier alpha value is -0.810. The van der Waals surface area contributed by atoms with Gasteiger partial charge < -0.3 is 5.32 Å². The van der Waals surface area contributed by atoms with E-state index in [1.165, 1.54) is 0 Å². The highest BCUT2D eigenvalue weighted by Crippen LogP contribution is 2.30. The van der Waals surface area contributed by atoms with Gasteiger partial charge in [-0.05, 0) is 50.1 Å². The van der Waals surface area contributed by atoms with Crippen molar-refractivity contribution in [2.45, 2.75) is 6.54 Å². The van der Waals surface area contributed by atoms with Crippen LogP contribution in [0, 0.1) is 0 Å². The zero-order valence-electron chi connectivity index (χ0n) is 8.74. The SMILES string of the molecule is Cn1ccc(CNc2c(Br)cccc2Br)n1. The third-order valence-corrected chi connectivity index (χ3v) is 3.50. The molecule has 2 aromatic rings. The van der Waals surface area contributed by atoms with Crippen molar-refractivity contribution < 1.29 is 0 Å². The Bertz CT molecular complexity index is 473. The van der Waals surface area contributed by atoms with Gasteiger partial charge >= 0.3 is 0 Å². The molecular formula is C11H11Br2N3. The maximum absolute atomic E-state index is 4.31. The molecule has 16 heavy (non-hydrogen) atoms. The Morgan fingerprint density at radius 1 is 1.25 bits per heavy atom. The van der Waals surface area contributed by atoms with Gasteiger partial charge in [-0.3, -0.25) is 4.68 Å². The van der Waals surface area contributed by atoms with Crippen molar-refractivity contribution >= 4 is 37.5 Å². The molecule has 1 N–H and O–H groups in total. The monoisotopic (exact) mass is 343 g/mol. The predicted octanol–water partition coefficient (Wildman–Crippen LogP) is 3.56. The van der Waals surface area contributed by atoms with Crippen LogP contribution in [0.4, 0.5) is 5.69 Å². The number of halogens is 2. The van der Waals surface area contributed by atoms with Gasteiger partial charge in [0.05, 0.1) is 17.9 Å². The van der Waals surface area contributed by atoms with Crippen LogP contribution in [0.1, 0.15) is 5.69 Å².